The Bertz CT molecular complexity index is 1970. The van der Waals surface area contributed by atoms with Crippen LogP contribution in [0.5, 0.6) is 11.5 Å². The summed E-state index contributed by atoms with van der Waals surface area (Å²) >= 11 is 0. The van der Waals surface area contributed by atoms with Gasteiger partial charge < -0.3 is 15.9 Å². The Labute approximate surface area is 242 Å². The number of benzene rings is 4. The van der Waals surface area contributed by atoms with Crippen molar-refractivity contribution in [2.45, 2.75) is 9.79 Å². The quantitative estimate of drug-likeness (QED) is 0.0577. The van der Waals surface area contributed by atoms with Crippen molar-refractivity contribution < 1.29 is 59.9 Å². The standard InChI is InChI=1S/C22H16N6O10S2.Cr/c23-16-7-6-14-15(20(16)26-25-17-8-3-12(28(31)32)9-18(17)29)10-19(40(36,37)38)21(22(14)30)27-24-11-1-4-13(5-2-11)39(33,34)35;/h1-10,29-30H,23H2,(H,33,34,35)(H,36,37,38);/p+1. The van der Waals surface area contributed by atoms with Crippen LogP contribution >= 0.6 is 0 Å². The van der Waals surface area contributed by atoms with E-state index in [0.717, 1.165) is 48.5 Å². The van der Waals surface area contributed by atoms with Crippen molar-refractivity contribution in [3.05, 3.63) is 70.8 Å². The molecule has 0 aliphatic heterocycles. The second kappa shape index (κ2) is 11.5. The van der Waals surface area contributed by atoms with Crippen molar-refractivity contribution in [2.75, 3.05) is 5.73 Å². The van der Waals surface area contributed by atoms with Crippen LogP contribution in [0, 0.1) is 10.1 Å². The van der Waals surface area contributed by atoms with Gasteiger partial charge in [-0.05, 0) is 48.5 Å². The van der Waals surface area contributed by atoms with E-state index in [1.54, 1.807) is 0 Å². The number of fused-ring (bicyclic) bond motifs is 1. The van der Waals surface area contributed by atoms with E-state index in [4.69, 9.17) is 10.3 Å². The molecule has 41 heavy (non-hydrogen) atoms. The molecule has 0 saturated heterocycles. The number of anilines is 1. The van der Waals surface area contributed by atoms with E-state index in [0.29, 0.717) is 0 Å². The summed E-state index contributed by atoms with van der Waals surface area (Å²) in [6.45, 7) is 0. The normalized spacial score (nSPS) is 12.1. The summed E-state index contributed by atoms with van der Waals surface area (Å²) in [5.41, 5.74) is 4.49. The summed E-state index contributed by atoms with van der Waals surface area (Å²) in [4.78, 5) is 8.82. The molecule has 0 amide bonds. The number of nitrogens with two attached hydrogens (primary N) is 1. The zero-order valence-corrected chi connectivity index (χ0v) is 23.0. The smallest absolute Gasteiger partial charge is 0.505 e. The fourth-order valence-corrected chi connectivity index (χ4v) is 4.56. The SMILES string of the molecule is Nc1ccc2c(O)c(N=Nc3ccc(S(=O)(=O)O)cc3)c(S(=O)(=O)O)cc2c1N=Nc1ccc([N+](=O)[O-])cc1O.[Cr].[H+]. The first-order valence-corrected chi connectivity index (χ1v) is 13.5. The van der Waals surface area contributed by atoms with Gasteiger partial charge in [-0.15, -0.1) is 15.3 Å². The summed E-state index contributed by atoms with van der Waals surface area (Å²) in [6, 6.07) is 10.8. The van der Waals surface area contributed by atoms with Gasteiger partial charge in [0.15, 0.2) is 5.75 Å². The number of nitrogens with zero attached hydrogens (tertiary/aromatic N) is 5. The Morgan fingerprint density at radius 1 is 0.780 bits per heavy atom. The van der Waals surface area contributed by atoms with Gasteiger partial charge in [-0.2, -0.15) is 21.9 Å². The molecule has 19 heteroatoms. The fraction of sp³-hybridized carbons (Fsp3) is 0. The van der Waals surface area contributed by atoms with Gasteiger partial charge in [-0.25, -0.2) is 0 Å². The topological polar surface area (TPSA) is 268 Å². The maximum absolute atomic E-state index is 12.2. The van der Waals surface area contributed by atoms with Crippen molar-refractivity contribution in [2.24, 2.45) is 20.5 Å². The Morgan fingerprint density at radius 2 is 1.41 bits per heavy atom. The number of hydrogen-bond donors (Lipinski definition) is 5. The number of aromatic hydroxyl groups is 2. The number of hydrogen-bond acceptors (Lipinski definition) is 13. The van der Waals surface area contributed by atoms with Crippen LogP contribution in [0.1, 0.15) is 1.43 Å². The fourth-order valence-electron chi connectivity index (χ4n) is 3.43. The molecule has 212 valence electrons. The predicted octanol–water partition coefficient (Wildman–Crippen LogP) is 5.18. The molecule has 0 bridgehead atoms. The third kappa shape index (κ3) is 6.63. The Hall–Kier alpha value is -4.51. The summed E-state index contributed by atoms with van der Waals surface area (Å²) in [5.74, 6) is -1.33. The number of phenols is 2. The minimum absolute atomic E-state index is 0. The average Bonchev–Trinajstić information content (AvgIpc) is 2.87. The van der Waals surface area contributed by atoms with Crippen molar-refractivity contribution >= 4 is 65.1 Å². The van der Waals surface area contributed by atoms with E-state index in [1.807, 2.05) is 0 Å². The van der Waals surface area contributed by atoms with Crippen molar-refractivity contribution in [3.63, 3.8) is 0 Å². The summed E-state index contributed by atoms with van der Waals surface area (Å²) in [6.07, 6.45) is 0. The van der Waals surface area contributed by atoms with Crippen LogP contribution in [-0.2, 0) is 37.6 Å². The van der Waals surface area contributed by atoms with E-state index >= 15 is 0 Å². The van der Waals surface area contributed by atoms with Crippen molar-refractivity contribution in [1.29, 1.82) is 0 Å². The van der Waals surface area contributed by atoms with Crippen LogP contribution in [0.15, 0.2) is 90.9 Å². The van der Waals surface area contributed by atoms with E-state index in [1.165, 1.54) is 12.1 Å². The van der Waals surface area contributed by atoms with Gasteiger partial charge in [0.05, 0.1) is 27.3 Å². The van der Waals surface area contributed by atoms with Crippen LogP contribution in [0.3, 0.4) is 0 Å². The van der Waals surface area contributed by atoms with Gasteiger partial charge >= 0.3 is 1.43 Å². The largest absolute Gasteiger partial charge is 1.00 e. The van der Waals surface area contributed by atoms with Gasteiger partial charge in [-0.1, -0.05) is 0 Å². The van der Waals surface area contributed by atoms with E-state index in [9.17, 15) is 41.7 Å². The minimum Gasteiger partial charge on any atom is -0.505 e. The minimum atomic E-state index is -5.04. The Balaban J connectivity index is 0.00000308. The molecule has 6 N–H and O–H groups in total. The third-order valence-corrected chi connectivity index (χ3v) is 7.08. The Kier molecular flexibility index (Phi) is 8.73. The molecule has 0 radical (unpaired) electrons. The number of azo groups is 2. The summed E-state index contributed by atoms with van der Waals surface area (Å²) in [5, 5.41) is 46.8. The van der Waals surface area contributed by atoms with Gasteiger partial charge in [0.2, 0.25) is 0 Å². The van der Waals surface area contributed by atoms with Crippen LogP contribution in [-0.4, -0.2) is 41.1 Å². The molecular formula is C22H17CrN6O10S2+. The molecule has 0 saturated carbocycles. The molecule has 0 aliphatic carbocycles. The first-order chi connectivity index (χ1) is 18.7. The molecule has 0 fully saturated rings. The number of nitro benzene ring substituents is 1. The van der Waals surface area contributed by atoms with E-state index < -0.39 is 57.8 Å². The molecule has 0 heterocycles. The number of nitro groups is 1. The van der Waals surface area contributed by atoms with Crippen LogP contribution < -0.4 is 5.73 Å². The van der Waals surface area contributed by atoms with Crippen LogP contribution in [0.2, 0.25) is 0 Å². The monoisotopic (exact) mass is 641 g/mol. The average molecular weight is 642 g/mol. The molecular weight excluding hydrogens is 624 g/mol. The Morgan fingerprint density at radius 3 is 1.98 bits per heavy atom. The van der Waals surface area contributed by atoms with Crippen LogP contribution in [0.25, 0.3) is 10.8 Å². The molecule has 16 nitrogen and oxygen atoms in total. The predicted molar refractivity (Wildman–Crippen MR) is 140 cm³/mol. The van der Waals surface area contributed by atoms with E-state index in [-0.39, 0.29) is 52.3 Å². The molecule has 0 spiro atoms. The number of non-ortho nitro benzene ring substituents is 1. The van der Waals surface area contributed by atoms with Gasteiger partial charge in [0.1, 0.15) is 27.7 Å². The van der Waals surface area contributed by atoms with E-state index in [2.05, 4.69) is 20.5 Å². The maximum atomic E-state index is 12.2. The van der Waals surface area contributed by atoms with Crippen molar-refractivity contribution in [3.8, 4) is 11.5 Å². The second-order valence-corrected chi connectivity index (χ2v) is 10.8. The molecule has 4 aromatic carbocycles. The molecule has 4 aromatic rings. The molecule has 0 aliphatic rings. The maximum Gasteiger partial charge on any atom is 1.00 e. The first kappa shape index (κ1) is 31.0. The van der Waals surface area contributed by atoms with Crippen molar-refractivity contribution in [1.82, 2.24) is 0 Å². The number of phenolic OH excluding ortho intramolecular Hbond substituents is 2. The van der Waals surface area contributed by atoms with Gasteiger partial charge in [0.25, 0.3) is 25.9 Å². The number of nitrogen functional groups attached to an aromatic ring is 1. The molecule has 0 unspecified atom stereocenters. The second-order valence-electron chi connectivity index (χ2n) is 7.94. The first-order valence-electron chi connectivity index (χ1n) is 10.6. The van der Waals surface area contributed by atoms with Crippen LogP contribution in [0.4, 0.5) is 34.1 Å². The van der Waals surface area contributed by atoms with Gasteiger partial charge in [0, 0.05) is 34.2 Å². The third-order valence-electron chi connectivity index (χ3n) is 5.34. The van der Waals surface area contributed by atoms with Gasteiger partial charge in [-0.3, -0.25) is 19.2 Å². The zero-order chi connectivity index (χ0) is 29.4. The summed E-state index contributed by atoms with van der Waals surface area (Å²) in [7, 11) is -9.51. The molecule has 0 aromatic heterocycles. The zero-order valence-electron chi connectivity index (χ0n) is 21.1. The molecule has 4 rings (SSSR count). The molecule has 0 atom stereocenters. The summed E-state index contributed by atoms with van der Waals surface area (Å²) < 4.78 is 65.7. The number of rotatable bonds is 7.